The Labute approximate surface area is 275 Å². The Morgan fingerprint density at radius 1 is 1.06 bits per heavy atom. The monoisotopic (exact) mass is 658 g/mol. The number of Topliss-reactive ketones (excluding diaryl/α,β-unsaturated/α-hetero) is 1. The molecule has 1 aliphatic heterocycles. The Kier molecular flexibility index (Phi) is 9.78. The number of aliphatic hydroxyl groups excluding tert-OH is 1. The minimum Gasteiger partial charge on any atom is -0.480 e. The van der Waals surface area contributed by atoms with Gasteiger partial charge in [-0.25, -0.2) is 4.79 Å². The summed E-state index contributed by atoms with van der Waals surface area (Å²) < 4.78 is 5.24. The van der Waals surface area contributed by atoms with Crippen molar-refractivity contribution in [2.75, 3.05) is 13.2 Å². The normalized spacial score (nSPS) is 36.9. The molecule has 12 heteroatoms. The van der Waals surface area contributed by atoms with Gasteiger partial charge in [0.2, 0.25) is 17.6 Å². The molecular formula is C35H50N2O10. The van der Waals surface area contributed by atoms with Crippen molar-refractivity contribution in [3.8, 4) is 0 Å². The zero-order valence-corrected chi connectivity index (χ0v) is 28.0. The number of aliphatic carboxylic acids is 1. The van der Waals surface area contributed by atoms with Crippen LogP contribution in [0.3, 0.4) is 0 Å². The standard InChI is InChI=1S/C35H50N2O10/c1-19(2)30(31(43)37-15-5-6-24(37)32(44)45)36-27(41)9-10-28(42)47-18-26(40)35(46)14-12-23-22-8-7-20-16-21(38)11-13-33(20,3)29(22)25(39)17-34(23,35)4/h16,19,22-25,29-30,39,46H,5-15,17-18H2,1-4H3,(H,36,41)(H,44,45)/t22-,23+,24-,25+,29+,30-,33+,34+,35+/m1/s1. The molecule has 12 nitrogen and oxygen atoms in total. The van der Waals surface area contributed by atoms with Gasteiger partial charge in [0, 0.05) is 24.8 Å². The average molecular weight is 659 g/mol. The summed E-state index contributed by atoms with van der Waals surface area (Å²) in [6.07, 6.45) is 4.97. The Hall–Kier alpha value is -3.12. The maximum atomic E-state index is 13.5. The number of nitrogens with one attached hydrogen (secondary N) is 1. The number of amides is 2. The van der Waals surface area contributed by atoms with E-state index in [0.29, 0.717) is 38.6 Å². The highest BCUT2D eigenvalue weighted by molar-refractivity contribution is 5.93. The van der Waals surface area contributed by atoms with Crippen LogP contribution >= 0.6 is 0 Å². The minimum absolute atomic E-state index is 0.0109. The van der Waals surface area contributed by atoms with E-state index in [-0.39, 0.29) is 60.6 Å². The quantitative estimate of drug-likeness (QED) is 0.254. The number of carbonyl (C=O) groups is 6. The van der Waals surface area contributed by atoms with E-state index < -0.39 is 65.3 Å². The number of hydrogen-bond acceptors (Lipinski definition) is 9. The number of likely N-dealkylation sites (tertiary alicyclic amines) is 1. The van der Waals surface area contributed by atoms with E-state index in [1.165, 1.54) is 4.90 Å². The van der Waals surface area contributed by atoms with E-state index in [0.717, 1.165) is 18.4 Å². The van der Waals surface area contributed by atoms with Crippen molar-refractivity contribution in [3.05, 3.63) is 11.6 Å². The second kappa shape index (κ2) is 13.1. The van der Waals surface area contributed by atoms with Gasteiger partial charge < -0.3 is 30.3 Å². The van der Waals surface area contributed by atoms with Gasteiger partial charge in [-0.15, -0.1) is 0 Å². The summed E-state index contributed by atoms with van der Waals surface area (Å²) in [5.74, 6) is -3.75. The van der Waals surface area contributed by atoms with Gasteiger partial charge in [-0.2, -0.15) is 0 Å². The lowest BCUT2D eigenvalue weighted by molar-refractivity contribution is -0.184. The summed E-state index contributed by atoms with van der Waals surface area (Å²) in [4.78, 5) is 76.9. The van der Waals surface area contributed by atoms with Gasteiger partial charge in [0.1, 0.15) is 17.7 Å². The predicted octanol–water partition coefficient (Wildman–Crippen LogP) is 2.33. The first-order chi connectivity index (χ1) is 22.0. The van der Waals surface area contributed by atoms with Gasteiger partial charge in [-0.3, -0.25) is 24.0 Å². The fourth-order valence-corrected chi connectivity index (χ4v) is 9.93. The number of esters is 1. The molecule has 5 rings (SSSR count). The van der Waals surface area contributed by atoms with E-state index in [1.54, 1.807) is 19.9 Å². The number of rotatable bonds is 10. The molecule has 0 unspecified atom stereocenters. The van der Waals surface area contributed by atoms with Crippen molar-refractivity contribution < 1.29 is 48.8 Å². The number of ether oxygens (including phenoxy) is 1. The van der Waals surface area contributed by atoms with E-state index >= 15 is 0 Å². The fraction of sp³-hybridized carbons (Fsp3) is 0.771. The molecule has 0 bridgehead atoms. The van der Waals surface area contributed by atoms with Crippen LogP contribution in [0.4, 0.5) is 0 Å². The highest BCUT2D eigenvalue weighted by Crippen LogP contribution is 2.67. The molecule has 0 aromatic carbocycles. The molecule has 1 heterocycles. The van der Waals surface area contributed by atoms with E-state index in [9.17, 15) is 44.1 Å². The third kappa shape index (κ3) is 6.16. The SMILES string of the molecule is CC(C)[C@@H](NC(=O)CCC(=O)OCC(=O)[C@@]1(O)CC[C@H]2[C@H]3CCC4=CC(=O)CC[C@]4(C)[C@@H]3[C@@H](O)C[C@@]21C)C(=O)N1CCC[C@@H]1C(=O)O. The largest absolute Gasteiger partial charge is 0.480 e. The lowest BCUT2D eigenvalue weighted by Gasteiger charge is -2.60. The first-order valence-electron chi connectivity index (χ1n) is 17.2. The molecule has 0 radical (unpaired) electrons. The van der Waals surface area contributed by atoms with E-state index in [2.05, 4.69) is 12.2 Å². The van der Waals surface area contributed by atoms with Gasteiger partial charge in [0.05, 0.1) is 12.5 Å². The Morgan fingerprint density at radius 3 is 2.47 bits per heavy atom. The smallest absolute Gasteiger partial charge is 0.326 e. The summed E-state index contributed by atoms with van der Waals surface area (Å²) in [6, 6.07) is -1.88. The fourth-order valence-electron chi connectivity index (χ4n) is 9.93. The second-order valence-electron chi connectivity index (χ2n) is 15.4. The summed E-state index contributed by atoms with van der Waals surface area (Å²) in [7, 11) is 0. The summed E-state index contributed by atoms with van der Waals surface area (Å²) >= 11 is 0. The topological polar surface area (TPSA) is 188 Å². The zero-order valence-electron chi connectivity index (χ0n) is 28.0. The number of nitrogens with zero attached hydrogens (tertiary/aromatic N) is 1. The van der Waals surface area contributed by atoms with Crippen LogP contribution in [0.15, 0.2) is 11.6 Å². The third-order valence-electron chi connectivity index (χ3n) is 12.5. The first-order valence-corrected chi connectivity index (χ1v) is 17.2. The molecule has 9 atom stereocenters. The van der Waals surface area contributed by atoms with Gasteiger partial charge in [0.25, 0.3) is 0 Å². The third-order valence-corrected chi connectivity index (χ3v) is 12.5. The zero-order chi connectivity index (χ0) is 34.5. The van der Waals surface area contributed by atoms with Crippen molar-refractivity contribution in [2.45, 2.75) is 122 Å². The van der Waals surface area contributed by atoms with Crippen LogP contribution < -0.4 is 5.32 Å². The van der Waals surface area contributed by atoms with Gasteiger partial charge in [0.15, 0.2) is 12.4 Å². The summed E-state index contributed by atoms with van der Waals surface area (Å²) in [5.41, 5.74) is -1.88. The van der Waals surface area contributed by atoms with E-state index in [1.807, 2.05) is 6.92 Å². The number of carboxylic acids is 1. The molecule has 47 heavy (non-hydrogen) atoms. The Morgan fingerprint density at radius 2 is 1.79 bits per heavy atom. The van der Waals surface area contributed by atoms with Crippen molar-refractivity contribution in [1.29, 1.82) is 0 Å². The number of fused-ring (bicyclic) bond motifs is 5. The number of ketones is 2. The molecule has 2 amide bonds. The molecule has 3 saturated carbocycles. The second-order valence-corrected chi connectivity index (χ2v) is 15.4. The van der Waals surface area contributed by atoms with Gasteiger partial charge >= 0.3 is 11.9 Å². The number of carboxylic acid groups (broad SMARTS) is 1. The van der Waals surface area contributed by atoms with Crippen molar-refractivity contribution in [2.24, 2.45) is 34.5 Å². The molecular weight excluding hydrogens is 608 g/mol. The number of hydrogen-bond donors (Lipinski definition) is 4. The molecule has 4 N–H and O–H groups in total. The van der Waals surface area contributed by atoms with Gasteiger partial charge in [-0.1, -0.05) is 33.3 Å². The number of aliphatic hydroxyl groups is 2. The predicted molar refractivity (Wildman–Crippen MR) is 167 cm³/mol. The van der Waals surface area contributed by atoms with Crippen LogP contribution in [0, 0.1) is 34.5 Å². The number of allylic oxidation sites excluding steroid dienone is 1. The van der Waals surface area contributed by atoms with Crippen LogP contribution in [0.5, 0.6) is 0 Å². The van der Waals surface area contributed by atoms with Crippen LogP contribution in [0.1, 0.15) is 98.3 Å². The molecule has 0 aromatic rings. The summed E-state index contributed by atoms with van der Waals surface area (Å²) in [5, 5.41) is 35.5. The minimum atomic E-state index is -1.78. The van der Waals surface area contributed by atoms with Crippen molar-refractivity contribution >= 4 is 35.3 Å². The maximum Gasteiger partial charge on any atom is 0.326 e. The average Bonchev–Trinajstić information content (AvgIpc) is 3.61. The molecule has 4 aliphatic carbocycles. The van der Waals surface area contributed by atoms with Crippen LogP contribution in [-0.4, -0.2) is 92.5 Å². The lowest BCUT2D eigenvalue weighted by atomic mass is 9.45. The highest BCUT2D eigenvalue weighted by atomic mass is 16.5. The van der Waals surface area contributed by atoms with Crippen molar-refractivity contribution in [1.82, 2.24) is 10.2 Å². The molecule has 0 aromatic heterocycles. The highest BCUT2D eigenvalue weighted by Gasteiger charge is 2.68. The first kappa shape index (κ1) is 35.2. The van der Waals surface area contributed by atoms with Crippen LogP contribution in [-0.2, 0) is 33.5 Å². The Bertz CT molecular complexity index is 1360. The van der Waals surface area contributed by atoms with Gasteiger partial charge in [-0.05, 0) is 86.5 Å². The summed E-state index contributed by atoms with van der Waals surface area (Å²) in [6.45, 7) is 7.11. The Balaban J connectivity index is 1.15. The van der Waals surface area contributed by atoms with Crippen LogP contribution in [0.2, 0.25) is 0 Å². The number of carbonyl (C=O) groups excluding carboxylic acids is 5. The van der Waals surface area contributed by atoms with E-state index in [4.69, 9.17) is 4.74 Å². The van der Waals surface area contributed by atoms with Crippen LogP contribution in [0.25, 0.3) is 0 Å². The molecule has 260 valence electrons. The molecule has 1 saturated heterocycles. The molecule has 5 aliphatic rings. The van der Waals surface area contributed by atoms with Crippen molar-refractivity contribution in [3.63, 3.8) is 0 Å². The maximum absolute atomic E-state index is 13.5. The molecule has 4 fully saturated rings. The molecule has 0 spiro atoms. The lowest BCUT2D eigenvalue weighted by Crippen LogP contribution is -2.62.